The van der Waals surface area contributed by atoms with Gasteiger partial charge in [-0.2, -0.15) is 5.10 Å². The van der Waals surface area contributed by atoms with Crippen LogP contribution in [-0.2, 0) is 18.4 Å². The third kappa shape index (κ3) is 3.37. The maximum atomic E-state index is 12.2. The van der Waals surface area contributed by atoms with Crippen LogP contribution in [0.4, 0.5) is 0 Å². The van der Waals surface area contributed by atoms with Gasteiger partial charge in [0.05, 0.1) is 24.4 Å². The topological polar surface area (TPSA) is 59.4 Å². The highest BCUT2D eigenvalue weighted by Gasteiger charge is 2.31. The lowest BCUT2D eigenvalue weighted by Crippen LogP contribution is -2.55. The number of nitrogens with zero attached hydrogens (tertiary/aromatic N) is 3. The van der Waals surface area contributed by atoms with E-state index in [4.69, 9.17) is 4.74 Å². The van der Waals surface area contributed by atoms with Crippen LogP contribution in [0.3, 0.4) is 0 Å². The van der Waals surface area contributed by atoms with E-state index < -0.39 is 0 Å². The summed E-state index contributed by atoms with van der Waals surface area (Å²) in [6.07, 6.45) is 0.869. The standard InChI is InChI=1S/C15H26N4O2/c1-10(2)8-13-14(20)16-6-7-19(13)9-12-11(3)17-18(4)15(12)21-5/h10,13H,6-9H2,1-5H3,(H,16,20)/t13-/m1/s1. The van der Waals surface area contributed by atoms with Gasteiger partial charge in [0.1, 0.15) is 0 Å². The quantitative estimate of drug-likeness (QED) is 0.883. The van der Waals surface area contributed by atoms with Crippen LogP contribution >= 0.6 is 0 Å². The highest BCUT2D eigenvalue weighted by atomic mass is 16.5. The smallest absolute Gasteiger partial charge is 0.237 e. The van der Waals surface area contributed by atoms with E-state index >= 15 is 0 Å². The van der Waals surface area contributed by atoms with Gasteiger partial charge in [0.25, 0.3) is 0 Å². The van der Waals surface area contributed by atoms with Crippen LogP contribution in [0, 0.1) is 12.8 Å². The van der Waals surface area contributed by atoms with Crippen molar-refractivity contribution < 1.29 is 9.53 Å². The van der Waals surface area contributed by atoms with E-state index in [0.29, 0.717) is 19.0 Å². The molecule has 1 aromatic rings. The summed E-state index contributed by atoms with van der Waals surface area (Å²) >= 11 is 0. The van der Waals surface area contributed by atoms with Crippen molar-refractivity contribution in [1.29, 1.82) is 0 Å². The molecule has 0 bridgehead atoms. The van der Waals surface area contributed by atoms with E-state index in [0.717, 1.165) is 30.1 Å². The lowest BCUT2D eigenvalue weighted by molar-refractivity contribution is -0.130. The zero-order chi connectivity index (χ0) is 15.6. The summed E-state index contributed by atoms with van der Waals surface area (Å²) in [5, 5.41) is 7.39. The van der Waals surface area contributed by atoms with Crippen molar-refractivity contribution in [3.05, 3.63) is 11.3 Å². The third-order valence-corrected chi connectivity index (χ3v) is 3.98. The molecule has 6 heteroatoms. The molecule has 0 radical (unpaired) electrons. The van der Waals surface area contributed by atoms with Crippen LogP contribution in [0.25, 0.3) is 0 Å². The fourth-order valence-electron chi connectivity index (χ4n) is 2.98. The molecule has 0 spiro atoms. The Morgan fingerprint density at radius 3 is 2.81 bits per heavy atom. The van der Waals surface area contributed by atoms with Crippen molar-refractivity contribution in [2.24, 2.45) is 13.0 Å². The maximum absolute atomic E-state index is 12.2. The summed E-state index contributed by atoms with van der Waals surface area (Å²) in [6.45, 7) is 8.55. The third-order valence-electron chi connectivity index (χ3n) is 3.98. The molecule has 1 fully saturated rings. The summed E-state index contributed by atoms with van der Waals surface area (Å²) in [4.78, 5) is 14.4. The Kier molecular flexibility index (Phi) is 4.88. The van der Waals surface area contributed by atoms with Gasteiger partial charge in [0, 0.05) is 26.7 Å². The van der Waals surface area contributed by atoms with Crippen molar-refractivity contribution >= 4 is 5.91 Å². The highest BCUT2D eigenvalue weighted by Crippen LogP contribution is 2.25. The number of nitrogens with one attached hydrogen (secondary N) is 1. The molecule has 2 rings (SSSR count). The van der Waals surface area contributed by atoms with E-state index in [9.17, 15) is 4.79 Å². The normalized spacial score (nSPS) is 19.9. The van der Waals surface area contributed by atoms with Crippen molar-refractivity contribution in [2.45, 2.75) is 39.8 Å². The van der Waals surface area contributed by atoms with Crippen LogP contribution in [0.2, 0.25) is 0 Å². The number of aromatic nitrogens is 2. The number of amides is 1. The van der Waals surface area contributed by atoms with Crippen LogP contribution in [0.1, 0.15) is 31.5 Å². The monoisotopic (exact) mass is 294 g/mol. The minimum Gasteiger partial charge on any atom is -0.481 e. The van der Waals surface area contributed by atoms with Gasteiger partial charge in [0.2, 0.25) is 11.8 Å². The van der Waals surface area contributed by atoms with Crippen LogP contribution < -0.4 is 10.1 Å². The molecular weight excluding hydrogens is 268 g/mol. The zero-order valence-corrected chi connectivity index (χ0v) is 13.6. The molecule has 1 N–H and O–H groups in total. The summed E-state index contributed by atoms with van der Waals surface area (Å²) < 4.78 is 7.21. The number of methoxy groups -OCH3 is 1. The molecule has 1 aromatic heterocycles. The molecule has 1 aliphatic heterocycles. The van der Waals surface area contributed by atoms with Crippen molar-refractivity contribution in [3.8, 4) is 5.88 Å². The molecule has 2 heterocycles. The number of carbonyl (C=O) groups excluding carboxylic acids is 1. The van der Waals surface area contributed by atoms with Crippen molar-refractivity contribution in [3.63, 3.8) is 0 Å². The van der Waals surface area contributed by atoms with E-state index in [1.807, 2.05) is 14.0 Å². The zero-order valence-electron chi connectivity index (χ0n) is 13.6. The van der Waals surface area contributed by atoms with Crippen LogP contribution in [0.15, 0.2) is 0 Å². The summed E-state index contributed by atoms with van der Waals surface area (Å²) in [5.74, 6) is 1.40. The molecule has 0 aliphatic carbocycles. The van der Waals surface area contributed by atoms with Crippen molar-refractivity contribution in [2.75, 3.05) is 20.2 Å². The Balaban J connectivity index is 2.21. The molecule has 0 aromatic carbocycles. The Morgan fingerprint density at radius 2 is 2.19 bits per heavy atom. The molecule has 21 heavy (non-hydrogen) atoms. The van der Waals surface area contributed by atoms with Crippen LogP contribution in [-0.4, -0.2) is 46.8 Å². The molecule has 1 atom stereocenters. The van der Waals surface area contributed by atoms with Gasteiger partial charge in [-0.05, 0) is 19.3 Å². The molecule has 118 valence electrons. The molecule has 6 nitrogen and oxygen atoms in total. The molecule has 1 saturated heterocycles. The predicted octanol–water partition coefficient (Wildman–Crippen LogP) is 1.08. The Hall–Kier alpha value is -1.56. The Morgan fingerprint density at radius 1 is 1.48 bits per heavy atom. The lowest BCUT2D eigenvalue weighted by Gasteiger charge is -2.35. The van der Waals surface area contributed by atoms with E-state index in [-0.39, 0.29) is 11.9 Å². The van der Waals surface area contributed by atoms with Gasteiger partial charge in [-0.3, -0.25) is 9.69 Å². The molecular formula is C15H26N4O2. The van der Waals surface area contributed by atoms with E-state index in [1.54, 1.807) is 11.8 Å². The minimum atomic E-state index is -0.0666. The number of piperazine rings is 1. The van der Waals surface area contributed by atoms with Gasteiger partial charge in [0.15, 0.2) is 0 Å². The number of rotatable bonds is 5. The SMILES string of the molecule is COc1c(CN2CCNC(=O)[C@H]2CC(C)C)c(C)nn1C. The van der Waals surface area contributed by atoms with Crippen molar-refractivity contribution in [1.82, 2.24) is 20.0 Å². The number of aryl methyl sites for hydroxylation is 2. The first-order valence-electron chi connectivity index (χ1n) is 7.52. The largest absolute Gasteiger partial charge is 0.481 e. The molecule has 0 saturated carbocycles. The second-order valence-electron chi connectivity index (χ2n) is 6.10. The average Bonchev–Trinajstić information content (AvgIpc) is 2.67. The second kappa shape index (κ2) is 6.47. The fraction of sp³-hybridized carbons (Fsp3) is 0.733. The number of hydrogen-bond donors (Lipinski definition) is 1. The van der Waals surface area contributed by atoms with Gasteiger partial charge < -0.3 is 10.1 Å². The highest BCUT2D eigenvalue weighted by molar-refractivity contribution is 5.82. The van der Waals surface area contributed by atoms with Crippen LogP contribution in [0.5, 0.6) is 5.88 Å². The van der Waals surface area contributed by atoms with Gasteiger partial charge in [-0.15, -0.1) is 0 Å². The van der Waals surface area contributed by atoms with Gasteiger partial charge >= 0.3 is 0 Å². The Labute approximate surface area is 126 Å². The summed E-state index contributed by atoms with van der Waals surface area (Å²) in [6, 6.07) is -0.0666. The summed E-state index contributed by atoms with van der Waals surface area (Å²) in [7, 11) is 3.54. The molecule has 1 aliphatic rings. The predicted molar refractivity (Wildman–Crippen MR) is 81.2 cm³/mol. The second-order valence-corrected chi connectivity index (χ2v) is 6.10. The fourth-order valence-corrected chi connectivity index (χ4v) is 2.98. The molecule has 1 amide bonds. The number of hydrogen-bond acceptors (Lipinski definition) is 4. The maximum Gasteiger partial charge on any atom is 0.237 e. The Bertz CT molecular complexity index is 510. The van der Waals surface area contributed by atoms with E-state index in [1.165, 1.54) is 0 Å². The first kappa shape index (κ1) is 15.8. The minimum absolute atomic E-state index is 0.0666. The number of carbonyl (C=O) groups is 1. The van der Waals surface area contributed by atoms with Gasteiger partial charge in [-0.25, -0.2) is 4.68 Å². The average molecular weight is 294 g/mol. The first-order chi connectivity index (χ1) is 9.93. The first-order valence-corrected chi connectivity index (χ1v) is 7.52. The molecule has 0 unspecified atom stereocenters. The summed E-state index contributed by atoms with van der Waals surface area (Å²) in [5.41, 5.74) is 2.03. The lowest BCUT2D eigenvalue weighted by atomic mass is 9.99. The number of ether oxygens (including phenoxy) is 1. The van der Waals surface area contributed by atoms with Gasteiger partial charge in [-0.1, -0.05) is 13.8 Å². The van der Waals surface area contributed by atoms with E-state index in [2.05, 4.69) is 29.2 Å².